The lowest BCUT2D eigenvalue weighted by molar-refractivity contribution is -0.129. The highest BCUT2D eigenvalue weighted by Crippen LogP contribution is 2.25. The number of hydrogen-bond acceptors (Lipinski definition) is 4. The van der Waals surface area contributed by atoms with Crippen molar-refractivity contribution >= 4 is 28.6 Å². The Morgan fingerprint density at radius 1 is 0.943 bits per heavy atom. The first-order valence-corrected chi connectivity index (χ1v) is 13.1. The third kappa shape index (κ3) is 5.17. The van der Waals surface area contributed by atoms with Crippen molar-refractivity contribution in [2.24, 2.45) is 5.92 Å². The van der Waals surface area contributed by atoms with Crippen molar-refractivity contribution in [3.8, 4) is 5.69 Å². The molecule has 0 unspecified atom stereocenters. The van der Waals surface area contributed by atoms with E-state index in [1.54, 1.807) is 10.6 Å². The molecule has 1 fully saturated rings. The van der Waals surface area contributed by atoms with E-state index in [2.05, 4.69) is 24.3 Å². The molecule has 35 heavy (non-hydrogen) atoms. The first-order valence-electron chi connectivity index (χ1n) is 12.1. The van der Waals surface area contributed by atoms with Gasteiger partial charge in [-0.3, -0.25) is 14.2 Å². The summed E-state index contributed by atoms with van der Waals surface area (Å²) in [5.41, 5.74) is 3.69. The second-order valence-corrected chi connectivity index (χ2v) is 10.1. The highest BCUT2D eigenvalue weighted by Gasteiger charge is 2.24. The number of rotatable bonds is 6. The Kier molecular flexibility index (Phi) is 7.00. The third-order valence-corrected chi connectivity index (χ3v) is 7.68. The molecule has 0 saturated carbocycles. The van der Waals surface area contributed by atoms with Gasteiger partial charge < -0.3 is 4.90 Å². The van der Waals surface area contributed by atoms with Crippen LogP contribution in [0, 0.1) is 12.8 Å². The van der Waals surface area contributed by atoms with Crippen LogP contribution in [0.2, 0.25) is 0 Å². The van der Waals surface area contributed by atoms with Crippen LogP contribution < -0.4 is 5.56 Å². The molecule has 3 aromatic carbocycles. The van der Waals surface area contributed by atoms with Crippen molar-refractivity contribution < 1.29 is 4.79 Å². The predicted molar refractivity (Wildman–Crippen MR) is 142 cm³/mol. The zero-order chi connectivity index (χ0) is 24.2. The fraction of sp³-hybridized carbons (Fsp3) is 0.276. The number of likely N-dealkylation sites (tertiary alicyclic amines) is 1. The van der Waals surface area contributed by atoms with Gasteiger partial charge in [0.15, 0.2) is 5.16 Å². The van der Waals surface area contributed by atoms with E-state index in [4.69, 9.17) is 4.98 Å². The van der Waals surface area contributed by atoms with Crippen molar-refractivity contribution in [3.05, 3.63) is 100 Å². The van der Waals surface area contributed by atoms with Crippen molar-refractivity contribution in [3.63, 3.8) is 0 Å². The third-order valence-electron chi connectivity index (χ3n) is 6.76. The summed E-state index contributed by atoms with van der Waals surface area (Å²) >= 11 is 1.35. The van der Waals surface area contributed by atoms with E-state index >= 15 is 0 Å². The summed E-state index contributed by atoms with van der Waals surface area (Å²) < 4.78 is 1.65. The number of aryl methyl sites for hydroxylation is 1. The number of piperidine rings is 1. The van der Waals surface area contributed by atoms with Gasteiger partial charge in [0.2, 0.25) is 5.91 Å². The Morgan fingerprint density at radius 2 is 1.63 bits per heavy atom. The van der Waals surface area contributed by atoms with Gasteiger partial charge >= 0.3 is 0 Å². The molecule has 0 spiro atoms. The summed E-state index contributed by atoms with van der Waals surface area (Å²) in [5.74, 6) is 0.981. The summed E-state index contributed by atoms with van der Waals surface area (Å²) in [5, 5.41) is 1.13. The molecule has 0 radical (unpaired) electrons. The highest BCUT2D eigenvalue weighted by atomic mass is 32.2. The number of amides is 1. The second-order valence-electron chi connectivity index (χ2n) is 9.14. The number of carbonyl (C=O) groups excluding carboxylic acids is 1. The summed E-state index contributed by atoms with van der Waals surface area (Å²) in [7, 11) is 0. The predicted octanol–water partition coefficient (Wildman–Crippen LogP) is 5.27. The quantitative estimate of drug-likeness (QED) is 0.277. The van der Waals surface area contributed by atoms with Gasteiger partial charge in [-0.05, 0) is 61.4 Å². The van der Waals surface area contributed by atoms with Crippen LogP contribution in [-0.2, 0) is 11.2 Å². The number of hydrogen-bond donors (Lipinski definition) is 0. The Morgan fingerprint density at radius 3 is 2.40 bits per heavy atom. The number of carbonyl (C=O) groups is 1. The van der Waals surface area contributed by atoms with Crippen LogP contribution in [0.5, 0.6) is 0 Å². The molecule has 5 rings (SSSR count). The van der Waals surface area contributed by atoms with Crippen LogP contribution in [0.3, 0.4) is 0 Å². The van der Waals surface area contributed by atoms with Crippen LogP contribution in [0.4, 0.5) is 0 Å². The van der Waals surface area contributed by atoms with E-state index in [-0.39, 0.29) is 17.2 Å². The molecule has 1 aliphatic rings. The van der Waals surface area contributed by atoms with Gasteiger partial charge in [0, 0.05) is 13.1 Å². The minimum Gasteiger partial charge on any atom is -0.342 e. The van der Waals surface area contributed by atoms with E-state index in [0.29, 0.717) is 22.0 Å². The Bertz CT molecular complexity index is 1390. The largest absolute Gasteiger partial charge is 0.342 e. The Hall–Kier alpha value is -3.38. The number of para-hydroxylation sites is 2. The zero-order valence-corrected chi connectivity index (χ0v) is 20.7. The van der Waals surface area contributed by atoms with Crippen LogP contribution in [0.25, 0.3) is 16.6 Å². The second kappa shape index (κ2) is 10.5. The van der Waals surface area contributed by atoms with E-state index in [9.17, 15) is 9.59 Å². The molecular formula is C29H29N3O2S. The highest BCUT2D eigenvalue weighted by molar-refractivity contribution is 7.99. The Balaban J connectivity index is 1.31. The average Bonchev–Trinajstić information content (AvgIpc) is 2.89. The number of benzene rings is 3. The molecule has 0 aliphatic carbocycles. The van der Waals surface area contributed by atoms with E-state index < -0.39 is 0 Å². The molecular weight excluding hydrogens is 454 g/mol. The maximum atomic E-state index is 13.4. The van der Waals surface area contributed by atoms with Crippen LogP contribution in [0.1, 0.15) is 24.0 Å². The molecule has 2 heterocycles. The molecule has 0 bridgehead atoms. The summed E-state index contributed by atoms with van der Waals surface area (Å²) in [6, 6.07) is 25.7. The molecule has 1 aromatic heterocycles. The van der Waals surface area contributed by atoms with Crippen LogP contribution >= 0.6 is 11.8 Å². The minimum atomic E-state index is -0.110. The van der Waals surface area contributed by atoms with E-state index in [1.807, 2.05) is 60.4 Å². The summed E-state index contributed by atoms with van der Waals surface area (Å²) in [4.78, 5) is 33.3. The van der Waals surface area contributed by atoms with Crippen LogP contribution in [0.15, 0.2) is 88.8 Å². The van der Waals surface area contributed by atoms with Gasteiger partial charge in [0.05, 0.1) is 22.3 Å². The van der Waals surface area contributed by atoms with Gasteiger partial charge in [-0.2, -0.15) is 0 Å². The molecule has 1 amide bonds. The lowest BCUT2D eigenvalue weighted by atomic mass is 9.90. The van der Waals surface area contributed by atoms with Gasteiger partial charge in [-0.25, -0.2) is 4.98 Å². The van der Waals surface area contributed by atoms with Crippen molar-refractivity contribution in [2.75, 3.05) is 18.8 Å². The zero-order valence-electron chi connectivity index (χ0n) is 19.9. The van der Waals surface area contributed by atoms with Gasteiger partial charge in [-0.15, -0.1) is 0 Å². The monoisotopic (exact) mass is 483 g/mol. The standard InChI is InChI=1S/C29H29N3O2S/c1-21-9-5-8-14-26(21)32-28(34)24-12-6-7-13-25(24)30-29(32)35-20-27(33)31-17-15-23(16-18-31)19-22-10-3-2-4-11-22/h2-14,23H,15-20H2,1H3. The molecule has 5 nitrogen and oxygen atoms in total. The van der Waals surface area contributed by atoms with Gasteiger partial charge in [0.25, 0.3) is 5.56 Å². The lowest BCUT2D eigenvalue weighted by Crippen LogP contribution is -2.40. The van der Waals surface area contributed by atoms with Crippen molar-refractivity contribution in [1.29, 1.82) is 0 Å². The average molecular weight is 484 g/mol. The Labute approximate surface area is 209 Å². The molecule has 4 aromatic rings. The molecule has 1 saturated heterocycles. The van der Waals surface area contributed by atoms with E-state index in [0.717, 1.165) is 43.6 Å². The molecule has 1 aliphatic heterocycles. The summed E-state index contributed by atoms with van der Waals surface area (Å²) in [6.45, 7) is 3.55. The number of nitrogens with zero attached hydrogens (tertiary/aromatic N) is 3. The number of thioether (sulfide) groups is 1. The van der Waals surface area contributed by atoms with Gasteiger partial charge in [0.1, 0.15) is 0 Å². The lowest BCUT2D eigenvalue weighted by Gasteiger charge is -2.32. The van der Waals surface area contributed by atoms with Crippen molar-refractivity contribution in [1.82, 2.24) is 14.5 Å². The molecule has 0 N–H and O–H groups in total. The molecule has 178 valence electrons. The topological polar surface area (TPSA) is 55.2 Å². The fourth-order valence-electron chi connectivity index (χ4n) is 4.79. The van der Waals surface area contributed by atoms with Gasteiger partial charge in [-0.1, -0.05) is 72.4 Å². The number of aromatic nitrogens is 2. The first kappa shape index (κ1) is 23.4. The smallest absolute Gasteiger partial charge is 0.266 e. The summed E-state index contributed by atoms with van der Waals surface area (Å²) in [6.07, 6.45) is 3.11. The number of fused-ring (bicyclic) bond motifs is 1. The van der Waals surface area contributed by atoms with Crippen molar-refractivity contribution in [2.45, 2.75) is 31.3 Å². The normalized spacial score (nSPS) is 14.4. The maximum absolute atomic E-state index is 13.4. The van der Waals surface area contributed by atoms with Crippen LogP contribution in [-0.4, -0.2) is 39.2 Å². The minimum absolute atomic E-state index is 0.104. The molecule has 6 heteroatoms. The molecule has 0 atom stereocenters. The SMILES string of the molecule is Cc1ccccc1-n1c(SCC(=O)N2CCC(Cc3ccccc3)CC2)nc2ccccc2c1=O. The van der Waals surface area contributed by atoms with E-state index in [1.165, 1.54) is 17.3 Å². The first-order chi connectivity index (χ1) is 17.1. The fourth-order valence-corrected chi connectivity index (χ4v) is 5.70. The maximum Gasteiger partial charge on any atom is 0.266 e.